The van der Waals surface area contributed by atoms with Crippen molar-refractivity contribution in [1.82, 2.24) is 5.32 Å². The number of hydrogen-bond donors (Lipinski definition) is 2. The van der Waals surface area contributed by atoms with Gasteiger partial charge >= 0.3 is 0 Å². The number of halogens is 1. The van der Waals surface area contributed by atoms with Gasteiger partial charge in [-0.2, -0.15) is 0 Å². The van der Waals surface area contributed by atoms with E-state index in [0.717, 1.165) is 0 Å². The molecule has 0 aromatic heterocycles. The van der Waals surface area contributed by atoms with Crippen molar-refractivity contribution < 1.29 is 9.18 Å². The number of carbonyl (C=O) groups excluding carboxylic acids is 1. The Bertz CT molecular complexity index is 360. The number of primary amides is 1. The largest absolute Gasteiger partial charge is 0.368 e. The molecule has 0 bridgehead atoms. The number of nitrogens with two attached hydrogens (primary N) is 1. The van der Waals surface area contributed by atoms with Crippen molar-refractivity contribution in [3.63, 3.8) is 0 Å². The summed E-state index contributed by atoms with van der Waals surface area (Å²) in [4.78, 5) is 11.6. The number of thioether (sulfide) groups is 1. The molecule has 5 heteroatoms. The zero-order chi connectivity index (χ0) is 12.0. The Balaban J connectivity index is 2.55. The predicted molar refractivity (Wildman–Crippen MR) is 63.8 cm³/mol. The molecular weight excluding hydrogens is 227 g/mol. The summed E-state index contributed by atoms with van der Waals surface area (Å²) in [5.74, 6) is -0.248. The molecule has 3 nitrogen and oxygen atoms in total. The van der Waals surface area contributed by atoms with Gasteiger partial charge in [0, 0.05) is 10.6 Å². The van der Waals surface area contributed by atoms with Crippen LogP contribution in [0, 0.1) is 5.82 Å². The fourth-order valence-electron chi connectivity index (χ4n) is 1.22. The SMILES string of the molecule is CCNC(CSc1ccccc1F)C(N)=O. The highest BCUT2D eigenvalue weighted by molar-refractivity contribution is 7.99. The first-order chi connectivity index (χ1) is 7.65. The fraction of sp³-hybridized carbons (Fsp3) is 0.364. The van der Waals surface area contributed by atoms with Crippen LogP contribution in [0.15, 0.2) is 29.2 Å². The van der Waals surface area contributed by atoms with Crippen LogP contribution in [0.5, 0.6) is 0 Å². The first-order valence-corrected chi connectivity index (χ1v) is 6.03. The summed E-state index contributed by atoms with van der Waals surface area (Å²) in [6.45, 7) is 2.55. The van der Waals surface area contributed by atoms with Crippen LogP contribution in [-0.2, 0) is 4.79 Å². The average Bonchev–Trinajstić information content (AvgIpc) is 2.26. The molecule has 3 N–H and O–H groups in total. The summed E-state index contributed by atoms with van der Waals surface area (Å²) in [6, 6.07) is 6.06. The first-order valence-electron chi connectivity index (χ1n) is 5.05. The molecule has 0 spiro atoms. The molecule has 1 unspecified atom stereocenters. The molecule has 1 aromatic rings. The van der Waals surface area contributed by atoms with Crippen LogP contribution < -0.4 is 11.1 Å². The van der Waals surface area contributed by atoms with E-state index in [1.165, 1.54) is 17.8 Å². The van der Waals surface area contributed by atoms with Crippen molar-refractivity contribution in [1.29, 1.82) is 0 Å². The average molecular weight is 242 g/mol. The van der Waals surface area contributed by atoms with Gasteiger partial charge in [0.2, 0.25) is 5.91 Å². The van der Waals surface area contributed by atoms with Crippen LogP contribution in [-0.4, -0.2) is 24.2 Å². The Hall–Kier alpha value is -1.07. The standard InChI is InChI=1S/C11H15FN2OS/c1-2-14-9(11(13)15)7-16-10-6-4-3-5-8(10)12/h3-6,9,14H,2,7H2,1H3,(H2,13,15). The molecule has 0 saturated carbocycles. The predicted octanol–water partition coefficient (Wildman–Crippen LogP) is 1.38. The lowest BCUT2D eigenvalue weighted by Gasteiger charge is -2.13. The Morgan fingerprint density at radius 3 is 2.81 bits per heavy atom. The number of nitrogens with one attached hydrogen (secondary N) is 1. The highest BCUT2D eigenvalue weighted by Gasteiger charge is 2.14. The maximum atomic E-state index is 13.3. The molecule has 0 aliphatic carbocycles. The monoisotopic (exact) mass is 242 g/mol. The van der Waals surface area contributed by atoms with Gasteiger partial charge in [0.1, 0.15) is 5.82 Å². The summed E-state index contributed by atoms with van der Waals surface area (Å²) in [5.41, 5.74) is 5.22. The Labute approximate surface area is 98.6 Å². The quantitative estimate of drug-likeness (QED) is 0.741. The first kappa shape index (κ1) is 13.0. The van der Waals surface area contributed by atoms with E-state index in [1.807, 2.05) is 6.92 Å². The van der Waals surface area contributed by atoms with Crippen molar-refractivity contribution in [2.24, 2.45) is 5.73 Å². The second kappa shape index (κ2) is 6.50. The molecule has 88 valence electrons. The number of amides is 1. The van der Waals surface area contributed by atoms with Crippen LogP contribution in [0.25, 0.3) is 0 Å². The van der Waals surface area contributed by atoms with Crippen LogP contribution in [0.3, 0.4) is 0 Å². The minimum absolute atomic E-state index is 0.271. The second-order valence-electron chi connectivity index (χ2n) is 3.25. The molecule has 0 aliphatic heterocycles. The van der Waals surface area contributed by atoms with Gasteiger partial charge in [-0.25, -0.2) is 4.39 Å². The Kier molecular flexibility index (Phi) is 5.28. The van der Waals surface area contributed by atoms with Crippen molar-refractivity contribution in [3.8, 4) is 0 Å². The summed E-state index contributed by atoms with van der Waals surface area (Å²) in [5, 5.41) is 2.95. The van der Waals surface area contributed by atoms with E-state index in [9.17, 15) is 9.18 Å². The van der Waals surface area contributed by atoms with Gasteiger partial charge in [-0.15, -0.1) is 11.8 Å². The Morgan fingerprint density at radius 1 is 1.56 bits per heavy atom. The lowest BCUT2D eigenvalue weighted by molar-refractivity contribution is -0.119. The smallest absolute Gasteiger partial charge is 0.235 e. The number of likely N-dealkylation sites (N-methyl/N-ethyl adjacent to an activating group) is 1. The summed E-state index contributed by atoms with van der Waals surface area (Å²) >= 11 is 1.29. The van der Waals surface area contributed by atoms with Gasteiger partial charge < -0.3 is 11.1 Å². The maximum absolute atomic E-state index is 13.3. The van der Waals surface area contributed by atoms with Crippen LogP contribution in [0.1, 0.15) is 6.92 Å². The van der Waals surface area contributed by atoms with Crippen molar-refractivity contribution in [3.05, 3.63) is 30.1 Å². The van der Waals surface area contributed by atoms with Crippen molar-refractivity contribution in [2.45, 2.75) is 17.9 Å². The molecule has 1 aromatic carbocycles. The summed E-state index contributed by atoms with van der Waals surface area (Å²) in [7, 11) is 0. The lowest BCUT2D eigenvalue weighted by atomic mass is 10.3. The molecule has 0 radical (unpaired) electrons. The molecule has 0 heterocycles. The van der Waals surface area contributed by atoms with E-state index in [-0.39, 0.29) is 5.82 Å². The van der Waals surface area contributed by atoms with Gasteiger partial charge in [0.15, 0.2) is 0 Å². The number of carbonyl (C=O) groups is 1. The molecular formula is C11H15FN2OS. The zero-order valence-corrected chi connectivity index (χ0v) is 9.89. The van der Waals surface area contributed by atoms with Crippen molar-refractivity contribution in [2.75, 3.05) is 12.3 Å². The molecule has 0 saturated heterocycles. The third kappa shape index (κ3) is 3.83. The van der Waals surface area contributed by atoms with Gasteiger partial charge in [-0.3, -0.25) is 4.79 Å². The zero-order valence-electron chi connectivity index (χ0n) is 9.07. The normalized spacial score (nSPS) is 12.4. The van der Waals surface area contributed by atoms with Crippen molar-refractivity contribution >= 4 is 17.7 Å². The molecule has 16 heavy (non-hydrogen) atoms. The van der Waals surface area contributed by atoms with E-state index in [2.05, 4.69) is 5.32 Å². The van der Waals surface area contributed by atoms with Crippen LogP contribution in [0.2, 0.25) is 0 Å². The van der Waals surface area contributed by atoms with Gasteiger partial charge in [0.05, 0.1) is 6.04 Å². The molecule has 1 amide bonds. The fourth-order valence-corrected chi connectivity index (χ4v) is 2.23. The van der Waals surface area contributed by atoms with Crippen LogP contribution >= 0.6 is 11.8 Å². The van der Waals surface area contributed by atoms with Gasteiger partial charge in [-0.1, -0.05) is 19.1 Å². The molecule has 1 rings (SSSR count). The van der Waals surface area contributed by atoms with E-state index in [1.54, 1.807) is 18.2 Å². The van der Waals surface area contributed by atoms with Crippen LogP contribution in [0.4, 0.5) is 4.39 Å². The van der Waals surface area contributed by atoms with Gasteiger partial charge in [-0.05, 0) is 18.7 Å². The van der Waals surface area contributed by atoms with E-state index >= 15 is 0 Å². The van der Waals surface area contributed by atoms with E-state index in [0.29, 0.717) is 17.2 Å². The number of hydrogen-bond acceptors (Lipinski definition) is 3. The number of rotatable bonds is 6. The maximum Gasteiger partial charge on any atom is 0.235 e. The van der Waals surface area contributed by atoms with E-state index in [4.69, 9.17) is 5.73 Å². The lowest BCUT2D eigenvalue weighted by Crippen LogP contribution is -2.43. The van der Waals surface area contributed by atoms with E-state index < -0.39 is 11.9 Å². The molecule has 0 fully saturated rings. The summed E-state index contributed by atoms with van der Waals surface area (Å²) in [6.07, 6.45) is 0. The highest BCUT2D eigenvalue weighted by atomic mass is 32.2. The summed E-state index contributed by atoms with van der Waals surface area (Å²) < 4.78 is 13.3. The highest BCUT2D eigenvalue weighted by Crippen LogP contribution is 2.21. The molecule has 0 aliphatic rings. The number of benzene rings is 1. The topological polar surface area (TPSA) is 55.1 Å². The third-order valence-corrected chi connectivity index (χ3v) is 3.18. The molecule has 1 atom stereocenters. The minimum Gasteiger partial charge on any atom is -0.368 e. The van der Waals surface area contributed by atoms with Gasteiger partial charge in [0.25, 0.3) is 0 Å². The third-order valence-electron chi connectivity index (χ3n) is 2.04. The minimum atomic E-state index is -0.422. The second-order valence-corrected chi connectivity index (χ2v) is 4.32. The Morgan fingerprint density at radius 2 is 2.25 bits per heavy atom.